The lowest BCUT2D eigenvalue weighted by Crippen LogP contribution is -1.92. The van der Waals surface area contributed by atoms with Gasteiger partial charge in [0, 0.05) is 0 Å². The Hall–Kier alpha value is -2.32. The first-order valence-electron chi connectivity index (χ1n) is 4.58. The Labute approximate surface area is 102 Å². The summed E-state index contributed by atoms with van der Waals surface area (Å²) in [5, 5.41) is 18.8. The summed E-state index contributed by atoms with van der Waals surface area (Å²) in [5.41, 5.74) is 0.122. The summed E-state index contributed by atoms with van der Waals surface area (Å²) in [6.07, 6.45) is 2.74. The van der Waals surface area contributed by atoms with Gasteiger partial charge in [0.2, 0.25) is 0 Å². The van der Waals surface area contributed by atoms with Crippen molar-refractivity contribution in [2.45, 2.75) is 0 Å². The van der Waals surface area contributed by atoms with E-state index >= 15 is 0 Å². The zero-order valence-corrected chi connectivity index (χ0v) is 9.22. The molecule has 0 saturated carbocycles. The molecule has 0 atom stereocenters. The van der Waals surface area contributed by atoms with Crippen LogP contribution in [0.5, 0.6) is 17.5 Å². The molecule has 0 aliphatic carbocycles. The van der Waals surface area contributed by atoms with Crippen molar-refractivity contribution in [2.24, 2.45) is 0 Å². The lowest BCUT2D eigenvalue weighted by molar-refractivity contribution is 0.391. The topological polar surface area (TPSA) is 79.0 Å². The maximum atomic E-state index is 9.68. The number of phenols is 1. The van der Waals surface area contributed by atoms with E-state index in [1.54, 1.807) is 6.07 Å². The molecule has 0 unspecified atom stereocenters. The molecule has 1 aromatic heterocycles. The van der Waals surface area contributed by atoms with Crippen molar-refractivity contribution in [2.75, 3.05) is 0 Å². The van der Waals surface area contributed by atoms with Crippen molar-refractivity contribution in [3.05, 3.63) is 41.2 Å². The molecule has 84 valence electrons. The Morgan fingerprint density at radius 2 is 2.00 bits per heavy atom. The number of halogens is 1. The van der Waals surface area contributed by atoms with Crippen molar-refractivity contribution in [1.82, 2.24) is 9.97 Å². The van der Waals surface area contributed by atoms with E-state index in [9.17, 15) is 5.11 Å². The van der Waals surface area contributed by atoms with Crippen LogP contribution in [-0.4, -0.2) is 15.1 Å². The number of para-hydroxylation sites is 1. The van der Waals surface area contributed by atoms with Gasteiger partial charge in [-0.2, -0.15) is 5.26 Å². The maximum absolute atomic E-state index is 9.68. The summed E-state index contributed by atoms with van der Waals surface area (Å²) in [6.45, 7) is 0. The van der Waals surface area contributed by atoms with Gasteiger partial charge in [0.05, 0.1) is 23.0 Å². The van der Waals surface area contributed by atoms with Gasteiger partial charge < -0.3 is 9.84 Å². The SMILES string of the molecule is N#Cc1cccc(Oc2ncc(Cl)cn2)c1O. The second kappa shape index (κ2) is 4.68. The van der Waals surface area contributed by atoms with Gasteiger partial charge in [0.25, 0.3) is 0 Å². The van der Waals surface area contributed by atoms with Crippen LogP contribution in [0.4, 0.5) is 0 Å². The summed E-state index contributed by atoms with van der Waals surface area (Å²) in [6, 6.07) is 6.45. The van der Waals surface area contributed by atoms with E-state index in [0.717, 1.165) is 0 Å². The zero-order chi connectivity index (χ0) is 12.3. The van der Waals surface area contributed by atoms with Crippen molar-refractivity contribution >= 4 is 11.6 Å². The van der Waals surface area contributed by atoms with Crippen LogP contribution < -0.4 is 4.74 Å². The van der Waals surface area contributed by atoms with E-state index < -0.39 is 0 Å². The van der Waals surface area contributed by atoms with Crippen molar-refractivity contribution < 1.29 is 9.84 Å². The monoisotopic (exact) mass is 247 g/mol. The minimum absolute atomic E-state index is 0.0415. The summed E-state index contributed by atoms with van der Waals surface area (Å²) in [7, 11) is 0. The van der Waals surface area contributed by atoms with Crippen LogP contribution in [0.15, 0.2) is 30.6 Å². The van der Waals surface area contributed by atoms with Gasteiger partial charge in [-0.25, -0.2) is 9.97 Å². The summed E-state index contributed by atoms with van der Waals surface area (Å²) < 4.78 is 5.22. The Morgan fingerprint density at radius 3 is 2.65 bits per heavy atom. The van der Waals surface area contributed by atoms with E-state index in [4.69, 9.17) is 21.6 Å². The molecular formula is C11H6ClN3O2. The Balaban J connectivity index is 2.31. The first-order chi connectivity index (χ1) is 8.20. The minimum Gasteiger partial charge on any atom is -0.503 e. The van der Waals surface area contributed by atoms with Crippen LogP contribution in [-0.2, 0) is 0 Å². The second-order valence-corrected chi connectivity index (χ2v) is 3.49. The van der Waals surface area contributed by atoms with Crippen molar-refractivity contribution in [1.29, 1.82) is 5.26 Å². The molecule has 17 heavy (non-hydrogen) atoms. The quantitative estimate of drug-likeness (QED) is 0.882. The molecule has 0 amide bonds. The maximum Gasteiger partial charge on any atom is 0.322 e. The molecule has 6 heteroatoms. The molecule has 0 radical (unpaired) electrons. The predicted molar refractivity (Wildman–Crippen MR) is 59.9 cm³/mol. The Bertz CT molecular complexity index is 578. The molecule has 1 N–H and O–H groups in total. The zero-order valence-electron chi connectivity index (χ0n) is 8.46. The smallest absolute Gasteiger partial charge is 0.322 e. The molecule has 1 heterocycles. The molecule has 1 aromatic carbocycles. The van der Waals surface area contributed by atoms with Gasteiger partial charge in [-0.05, 0) is 12.1 Å². The molecule has 0 aliphatic rings. The van der Waals surface area contributed by atoms with Crippen molar-refractivity contribution in [3.8, 4) is 23.6 Å². The van der Waals surface area contributed by atoms with Crippen LogP contribution in [0, 0.1) is 11.3 Å². The van der Waals surface area contributed by atoms with Gasteiger partial charge in [-0.15, -0.1) is 0 Å². The van der Waals surface area contributed by atoms with E-state index in [1.807, 2.05) is 6.07 Å². The van der Waals surface area contributed by atoms with E-state index in [1.165, 1.54) is 24.5 Å². The summed E-state index contributed by atoms with van der Waals surface area (Å²) >= 11 is 5.62. The molecule has 0 saturated heterocycles. The predicted octanol–water partition coefficient (Wildman–Crippen LogP) is 2.50. The van der Waals surface area contributed by atoms with Gasteiger partial charge in [0.15, 0.2) is 11.5 Å². The highest BCUT2D eigenvalue weighted by Gasteiger charge is 2.09. The molecule has 0 bridgehead atoms. The second-order valence-electron chi connectivity index (χ2n) is 3.05. The Kier molecular flexibility index (Phi) is 3.08. The number of rotatable bonds is 2. The molecule has 2 rings (SSSR count). The molecule has 5 nitrogen and oxygen atoms in total. The number of phenolic OH excluding ortho intramolecular Hbond substituents is 1. The van der Waals surface area contributed by atoms with Gasteiger partial charge in [-0.1, -0.05) is 17.7 Å². The first-order valence-corrected chi connectivity index (χ1v) is 4.96. The third-order valence-electron chi connectivity index (χ3n) is 1.92. The number of nitriles is 1. The molecular weight excluding hydrogens is 242 g/mol. The normalized spacial score (nSPS) is 9.65. The van der Waals surface area contributed by atoms with E-state index in [0.29, 0.717) is 5.02 Å². The van der Waals surface area contributed by atoms with Gasteiger partial charge in [-0.3, -0.25) is 0 Å². The number of hydrogen-bond donors (Lipinski definition) is 1. The molecule has 0 spiro atoms. The van der Waals surface area contributed by atoms with E-state index in [-0.39, 0.29) is 23.1 Å². The lowest BCUT2D eigenvalue weighted by Gasteiger charge is -2.05. The highest BCUT2D eigenvalue weighted by molar-refractivity contribution is 6.30. The summed E-state index contributed by atoms with van der Waals surface area (Å²) in [5.74, 6) is -0.125. The van der Waals surface area contributed by atoms with Crippen LogP contribution in [0.25, 0.3) is 0 Å². The van der Waals surface area contributed by atoms with Crippen LogP contribution in [0.2, 0.25) is 5.02 Å². The minimum atomic E-state index is -0.242. The number of nitrogens with zero attached hydrogens (tertiary/aromatic N) is 3. The van der Waals surface area contributed by atoms with Crippen molar-refractivity contribution in [3.63, 3.8) is 0 Å². The molecule has 2 aromatic rings. The van der Waals surface area contributed by atoms with Crippen LogP contribution >= 0.6 is 11.6 Å². The summed E-state index contributed by atoms with van der Waals surface area (Å²) in [4.78, 5) is 7.62. The highest BCUT2D eigenvalue weighted by Crippen LogP contribution is 2.31. The number of benzene rings is 1. The third kappa shape index (κ3) is 2.44. The third-order valence-corrected chi connectivity index (χ3v) is 2.11. The van der Waals surface area contributed by atoms with Gasteiger partial charge in [0.1, 0.15) is 6.07 Å². The average Bonchev–Trinajstić information content (AvgIpc) is 2.35. The number of ether oxygens (including phenoxy) is 1. The molecule has 0 fully saturated rings. The van der Waals surface area contributed by atoms with Crippen LogP contribution in [0.3, 0.4) is 0 Å². The lowest BCUT2D eigenvalue weighted by atomic mass is 10.2. The number of aromatic hydroxyl groups is 1. The fraction of sp³-hybridized carbons (Fsp3) is 0. The Morgan fingerprint density at radius 1 is 1.29 bits per heavy atom. The molecule has 0 aliphatic heterocycles. The highest BCUT2D eigenvalue weighted by atomic mass is 35.5. The van der Waals surface area contributed by atoms with Crippen LogP contribution in [0.1, 0.15) is 5.56 Å². The largest absolute Gasteiger partial charge is 0.503 e. The average molecular weight is 248 g/mol. The van der Waals surface area contributed by atoms with Gasteiger partial charge >= 0.3 is 6.01 Å². The number of hydrogen-bond acceptors (Lipinski definition) is 5. The fourth-order valence-electron chi connectivity index (χ4n) is 1.15. The van der Waals surface area contributed by atoms with E-state index in [2.05, 4.69) is 9.97 Å². The standard InChI is InChI=1S/C11H6ClN3O2/c12-8-5-14-11(15-6-8)17-9-3-1-2-7(4-13)10(9)16/h1-3,5-6,16H. The fourth-order valence-corrected chi connectivity index (χ4v) is 1.24. The first kappa shape index (κ1) is 11.2. The number of aromatic nitrogens is 2.